The van der Waals surface area contributed by atoms with E-state index in [0.29, 0.717) is 10.0 Å². The maximum absolute atomic E-state index is 5.99. The molecule has 0 saturated heterocycles. The Morgan fingerprint density at radius 1 is 1.33 bits per heavy atom. The van der Waals surface area contributed by atoms with Gasteiger partial charge in [0.05, 0.1) is 21.1 Å². The Hall–Kier alpha value is -0.380. The Balaban J connectivity index is 2.77. The van der Waals surface area contributed by atoms with E-state index in [1.54, 1.807) is 11.8 Å². The monoisotopic (exact) mass is 260 g/mol. The zero-order valence-electron chi connectivity index (χ0n) is 8.42. The number of imidazole rings is 1. The van der Waals surface area contributed by atoms with Gasteiger partial charge in [0.1, 0.15) is 0 Å². The van der Waals surface area contributed by atoms with Crippen LogP contribution in [0.1, 0.15) is 6.92 Å². The molecule has 0 spiro atoms. The van der Waals surface area contributed by atoms with Crippen LogP contribution in [-0.4, -0.2) is 15.8 Å². The lowest BCUT2D eigenvalue weighted by Gasteiger charge is -2.03. The first-order chi connectivity index (χ1) is 7.17. The lowest BCUT2D eigenvalue weighted by atomic mass is 10.3. The van der Waals surface area contributed by atoms with Crippen LogP contribution < -0.4 is 0 Å². The highest BCUT2D eigenvalue weighted by Crippen LogP contribution is 2.30. The molecule has 1 aromatic heterocycles. The maximum Gasteiger partial charge on any atom is 0.168 e. The summed E-state index contributed by atoms with van der Waals surface area (Å²) in [7, 11) is 0. The molecule has 0 saturated carbocycles. The zero-order valence-corrected chi connectivity index (χ0v) is 10.7. The average molecular weight is 261 g/mol. The van der Waals surface area contributed by atoms with Gasteiger partial charge in [-0.25, -0.2) is 4.98 Å². The molecule has 2 rings (SSSR count). The largest absolute Gasteiger partial charge is 0.319 e. The van der Waals surface area contributed by atoms with Crippen molar-refractivity contribution in [3.8, 4) is 0 Å². The number of thioether (sulfide) groups is 1. The summed E-state index contributed by atoms with van der Waals surface area (Å²) in [6.45, 7) is 2.97. The van der Waals surface area contributed by atoms with Crippen LogP contribution in [0.5, 0.6) is 0 Å². The minimum absolute atomic E-state index is 0.553. The van der Waals surface area contributed by atoms with Crippen LogP contribution in [0.2, 0.25) is 10.0 Å². The van der Waals surface area contributed by atoms with Gasteiger partial charge in [0.15, 0.2) is 5.16 Å². The number of hydrogen-bond donors (Lipinski definition) is 0. The molecule has 0 aliphatic heterocycles. The molecule has 2 nitrogen and oxygen atoms in total. The molecule has 0 atom stereocenters. The highest BCUT2D eigenvalue weighted by Gasteiger charge is 2.10. The summed E-state index contributed by atoms with van der Waals surface area (Å²) >= 11 is 13.6. The highest BCUT2D eigenvalue weighted by atomic mass is 35.5. The van der Waals surface area contributed by atoms with Crippen molar-refractivity contribution in [3.05, 3.63) is 22.2 Å². The Kier molecular flexibility index (Phi) is 3.14. The van der Waals surface area contributed by atoms with Crippen LogP contribution in [0.4, 0.5) is 0 Å². The second kappa shape index (κ2) is 4.24. The summed E-state index contributed by atoms with van der Waals surface area (Å²) in [4.78, 5) is 4.49. The number of hydrogen-bond acceptors (Lipinski definition) is 2. The molecule has 1 aromatic carbocycles. The van der Waals surface area contributed by atoms with E-state index in [2.05, 4.69) is 16.5 Å². The molecule has 5 heteroatoms. The lowest BCUT2D eigenvalue weighted by molar-refractivity contribution is 0.703. The molecular formula is C10H10Cl2N2S. The van der Waals surface area contributed by atoms with E-state index in [-0.39, 0.29) is 0 Å². The van der Waals surface area contributed by atoms with Crippen molar-refractivity contribution < 1.29 is 0 Å². The lowest BCUT2D eigenvalue weighted by Crippen LogP contribution is -1.95. The van der Waals surface area contributed by atoms with Gasteiger partial charge in [0, 0.05) is 6.54 Å². The van der Waals surface area contributed by atoms with Gasteiger partial charge in [-0.1, -0.05) is 35.0 Å². The smallest absolute Gasteiger partial charge is 0.168 e. The third-order valence-corrected chi connectivity index (χ3v) is 3.65. The second-order valence-corrected chi connectivity index (χ2v) is 4.69. The van der Waals surface area contributed by atoms with Crippen molar-refractivity contribution in [2.75, 3.05) is 6.26 Å². The maximum atomic E-state index is 5.99. The molecule has 0 N–H and O–H groups in total. The van der Waals surface area contributed by atoms with Gasteiger partial charge in [-0.3, -0.25) is 0 Å². The summed E-state index contributed by atoms with van der Waals surface area (Å²) in [5, 5.41) is 2.12. The van der Waals surface area contributed by atoms with Crippen LogP contribution in [0, 0.1) is 0 Å². The molecule has 0 fully saturated rings. The van der Waals surface area contributed by atoms with Crippen molar-refractivity contribution in [2.24, 2.45) is 0 Å². The van der Waals surface area contributed by atoms with Gasteiger partial charge in [0.25, 0.3) is 0 Å². The van der Waals surface area contributed by atoms with Crippen LogP contribution in [0.15, 0.2) is 17.3 Å². The summed E-state index contributed by atoms with van der Waals surface area (Å²) in [5.41, 5.74) is 1.94. The molecule has 2 aromatic rings. The Bertz CT molecular complexity index is 508. The summed E-state index contributed by atoms with van der Waals surface area (Å²) in [6.07, 6.45) is 2.01. The topological polar surface area (TPSA) is 17.8 Å². The molecule has 0 unspecified atom stereocenters. The van der Waals surface area contributed by atoms with E-state index in [1.165, 1.54) is 0 Å². The number of benzene rings is 1. The Morgan fingerprint density at radius 2 is 2.00 bits per heavy atom. The van der Waals surface area contributed by atoms with Gasteiger partial charge >= 0.3 is 0 Å². The molecule has 0 aliphatic rings. The third-order valence-electron chi connectivity index (χ3n) is 2.25. The van der Waals surface area contributed by atoms with Crippen molar-refractivity contribution >= 4 is 46.0 Å². The first kappa shape index (κ1) is 11.1. The Labute approximate surface area is 103 Å². The predicted molar refractivity (Wildman–Crippen MR) is 67.2 cm³/mol. The molecule has 0 aliphatic carbocycles. The van der Waals surface area contributed by atoms with Crippen LogP contribution in [-0.2, 0) is 6.54 Å². The van der Waals surface area contributed by atoms with Gasteiger partial charge < -0.3 is 4.57 Å². The van der Waals surface area contributed by atoms with E-state index < -0.39 is 0 Å². The normalized spacial score (nSPS) is 11.2. The van der Waals surface area contributed by atoms with Crippen LogP contribution in [0.3, 0.4) is 0 Å². The molecule has 1 heterocycles. The van der Waals surface area contributed by atoms with E-state index >= 15 is 0 Å². The number of aryl methyl sites for hydroxylation is 1. The fourth-order valence-corrected chi connectivity index (χ4v) is 2.51. The van der Waals surface area contributed by atoms with Crippen molar-refractivity contribution in [1.29, 1.82) is 0 Å². The van der Waals surface area contributed by atoms with Gasteiger partial charge in [-0.2, -0.15) is 0 Å². The summed E-state index contributed by atoms with van der Waals surface area (Å²) in [6, 6.07) is 3.68. The first-order valence-electron chi connectivity index (χ1n) is 4.56. The molecule has 0 radical (unpaired) electrons. The van der Waals surface area contributed by atoms with Gasteiger partial charge in [-0.15, -0.1) is 0 Å². The molecule has 80 valence electrons. The molecular weight excluding hydrogens is 251 g/mol. The third kappa shape index (κ3) is 1.84. The number of halogens is 2. The fraction of sp³-hybridized carbons (Fsp3) is 0.300. The van der Waals surface area contributed by atoms with Crippen LogP contribution in [0.25, 0.3) is 11.0 Å². The summed E-state index contributed by atoms with van der Waals surface area (Å²) < 4.78 is 2.13. The quantitative estimate of drug-likeness (QED) is 0.758. The molecule has 0 bridgehead atoms. The predicted octanol–water partition coefficient (Wildman–Crippen LogP) is 4.08. The second-order valence-electron chi connectivity index (χ2n) is 3.10. The SMILES string of the molecule is CCn1c(SC)nc2cc(Cl)c(Cl)cc21. The molecule has 15 heavy (non-hydrogen) atoms. The number of fused-ring (bicyclic) bond motifs is 1. The zero-order chi connectivity index (χ0) is 11.0. The minimum atomic E-state index is 0.553. The van der Waals surface area contributed by atoms with Crippen molar-refractivity contribution in [3.63, 3.8) is 0 Å². The van der Waals surface area contributed by atoms with Crippen molar-refractivity contribution in [1.82, 2.24) is 9.55 Å². The van der Waals surface area contributed by atoms with E-state index in [9.17, 15) is 0 Å². The summed E-state index contributed by atoms with van der Waals surface area (Å²) in [5.74, 6) is 0. The highest BCUT2D eigenvalue weighted by molar-refractivity contribution is 7.98. The van der Waals surface area contributed by atoms with E-state index in [0.717, 1.165) is 22.7 Å². The van der Waals surface area contributed by atoms with Gasteiger partial charge in [-0.05, 0) is 25.3 Å². The first-order valence-corrected chi connectivity index (χ1v) is 6.54. The number of aromatic nitrogens is 2. The standard InChI is InChI=1S/C10H10Cl2N2S/c1-3-14-9-5-7(12)6(11)4-8(9)13-10(14)15-2/h4-5H,3H2,1-2H3. The van der Waals surface area contributed by atoms with E-state index in [4.69, 9.17) is 23.2 Å². The van der Waals surface area contributed by atoms with Crippen LogP contribution >= 0.6 is 35.0 Å². The Morgan fingerprint density at radius 3 is 2.60 bits per heavy atom. The fourth-order valence-electron chi connectivity index (χ4n) is 1.56. The average Bonchev–Trinajstić information content (AvgIpc) is 2.56. The van der Waals surface area contributed by atoms with Crippen molar-refractivity contribution in [2.45, 2.75) is 18.6 Å². The van der Waals surface area contributed by atoms with Gasteiger partial charge in [0.2, 0.25) is 0 Å². The van der Waals surface area contributed by atoms with E-state index in [1.807, 2.05) is 18.4 Å². The molecule has 0 amide bonds. The number of nitrogens with zero attached hydrogens (tertiary/aromatic N) is 2. The minimum Gasteiger partial charge on any atom is -0.319 e. The number of rotatable bonds is 2.